The van der Waals surface area contributed by atoms with E-state index in [1.165, 1.54) is 5.56 Å². The number of nitrogens with two attached hydrogens (primary N) is 1. The molecule has 0 aromatic heterocycles. The van der Waals surface area contributed by atoms with E-state index in [-0.39, 0.29) is 30.0 Å². The first-order chi connectivity index (χ1) is 11.2. The number of aryl methyl sites for hydroxylation is 2. The quantitative estimate of drug-likeness (QED) is 0.783. The number of fused-ring (bicyclic) bond motifs is 1. The minimum absolute atomic E-state index is 0. The number of hydrogen-bond acceptors (Lipinski definition) is 3. The molecule has 0 saturated carbocycles. The Balaban J connectivity index is 0.00000225. The number of carbonyl (C=O) groups is 1. The van der Waals surface area contributed by atoms with E-state index in [1.807, 2.05) is 64.1 Å². The molecule has 2 aromatic rings. The first kappa shape index (κ1) is 19.1. The Bertz CT molecular complexity index is 802. The van der Waals surface area contributed by atoms with Crippen LogP contribution in [0.15, 0.2) is 36.4 Å². The van der Waals surface area contributed by atoms with Gasteiger partial charge in [-0.25, -0.2) is 0 Å². The summed E-state index contributed by atoms with van der Waals surface area (Å²) in [5.41, 5.74) is 10.1. The molecule has 134 valence electrons. The van der Waals surface area contributed by atoms with Gasteiger partial charge in [-0.05, 0) is 69.2 Å². The molecule has 25 heavy (non-hydrogen) atoms. The van der Waals surface area contributed by atoms with Crippen molar-refractivity contribution >= 4 is 24.0 Å². The Morgan fingerprint density at radius 1 is 1.16 bits per heavy atom. The normalized spacial score (nSPS) is 17.7. The molecule has 5 heteroatoms. The van der Waals surface area contributed by atoms with Crippen LogP contribution in [-0.4, -0.2) is 11.5 Å². The van der Waals surface area contributed by atoms with Crippen molar-refractivity contribution < 1.29 is 9.53 Å². The van der Waals surface area contributed by atoms with E-state index in [1.54, 1.807) is 0 Å². The molecule has 1 amide bonds. The largest absolute Gasteiger partial charge is 0.487 e. The van der Waals surface area contributed by atoms with Crippen LogP contribution in [0.25, 0.3) is 0 Å². The van der Waals surface area contributed by atoms with Crippen LogP contribution < -0.4 is 15.8 Å². The van der Waals surface area contributed by atoms with Gasteiger partial charge in [0.2, 0.25) is 0 Å². The van der Waals surface area contributed by atoms with Crippen LogP contribution in [0.2, 0.25) is 0 Å². The summed E-state index contributed by atoms with van der Waals surface area (Å²) < 4.78 is 6.02. The molecular weight excluding hydrogens is 336 g/mol. The second-order valence-corrected chi connectivity index (χ2v) is 7.19. The fourth-order valence-electron chi connectivity index (χ4n) is 3.13. The van der Waals surface area contributed by atoms with Crippen molar-refractivity contribution in [1.82, 2.24) is 5.32 Å². The number of hydrogen-bond donors (Lipinski definition) is 2. The first-order valence-corrected chi connectivity index (χ1v) is 8.22. The van der Waals surface area contributed by atoms with Gasteiger partial charge in [0.05, 0.1) is 6.04 Å². The van der Waals surface area contributed by atoms with Crippen molar-refractivity contribution in [2.24, 2.45) is 0 Å². The van der Waals surface area contributed by atoms with Gasteiger partial charge in [0.1, 0.15) is 11.4 Å². The molecule has 0 saturated heterocycles. The smallest absolute Gasteiger partial charge is 0.251 e. The number of rotatable bonds is 2. The van der Waals surface area contributed by atoms with E-state index in [4.69, 9.17) is 10.5 Å². The summed E-state index contributed by atoms with van der Waals surface area (Å²) in [6, 6.07) is 11.2. The fraction of sp³-hybridized carbons (Fsp3) is 0.350. The van der Waals surface area contributed by atoms with Crippen LogP contribution in [0, 0.1) is 13.8 Å². The van der Waals surface area contributed by atoms with Crippen LogP contribution in [0.1, 0.15) is 53.4 Å². The van der Waals surface area contributed by atoms with Gasteiger partial charge in [-0.1, -0.05) is 6.07 Å². The van der Waals surface area contributed by atoms with E-state index < -0.39 is 0 Å². The molecule has 1 aliphatic heterocycles. The maximum Gasteiger partial charge on any atom is 0.251 e. The molecule has 0 bridgehead atoms. The lowest BCUT2D eigenvalue weighted by molar-refractivity contribution is 0.0620. The number of benzene rings is 2. The van der Waals surface area contributed by atoms with Gasteiger partial charge < -0.3 is 15.8 Å². The molecule has 0 aliphatic carbocycles. The number of amides is 1. The number of nitrogens with one attached hydrogen (secondary N) is 1. The summed E-state index contributed by atoms with van der Waals surface area (Å²) in [4.78, 5) is 12.7. The minimum Gasteiger partial charge on any atom is -0.487 e. The van der Waals surface area contributed by atoms with Crippen LogP contribution in [0.5, 0.6) is 5.75 Å². The van der Waals surface area contributed by atoms with Gasteiger partial charge in [0.15, 0.2) is 0 Å². The molecule has 3 rings (SSSR count). The first-order valence-electron chi connectivity index (χ1n) is 8.22. The monoisotopic (exact) mass is 360 g/mol. The Morgan fingerprint density at radius 2 is 1.88 bits per heavy atom. The minimum atomic E-state index is -0.343. The van der Waals surface area contributed by atoms with Gasteiger partial charge in [0.25, 0.3) is 5.91 Å². The molecule has 1 unspecified atom stereocenters. The average Bonchev–Trinajstić information content (AvgIpc) is 2.50. The zero-order valence-corrected chi connectivity index (χ0v) is 15.9. The Kier molecular flexibility index (Phi) is 5.33. The third-order valence-electron chi connectivity index (χ3n) is 4.57. The predicted octanol–water partition coefficient (Wildman–Crippen LogP) is 4.34. The number of halogens is 1. The van der Waals surface area contributed by atoms with Crippen molar-refractivity contribution in [3.05, 3.63) is 58.7 Å². The van der Waals surface area contributed by atoms with E-state index >= 15 is 0 Å². The topological polar surface area (TPSA) is 64.3 Å². The maximum atomic E-state index is 12.7. The molecule has 1 atom stereocenters. The van der Waals surface area contributed by atoms with Crippen molar-refractivity contribution in [3.8, 4) is 5.75 Å². The lowest BCUT2D eigenvalue weighted by Crippen LogP contribution is -2.41. The van der Waals surface area contributed by atoms with Crippen LogP contribution in [0.4, 0.5) is 5.69 Å². The van der Waals surface area contributed by atoms with Gasteiger partial charge in [-0.2, -0.15) is 0 Å². The zero-order valence-electron chi connectivity index (χ0n) is 15.1. The Labute approximate surface area is 155 Å². The van der Waals surface area contributed by atoms with Gasteiger partial charge in [0, 0.05) is 23.2 Å². The van der Waals surface area contributed by atoms with Crippen LogP contribution >= 0.6 is 12.4 Å². The molecule has 1 heterocycles. The standard InChI is InChI=1S/C20H24N2O2.ClH/c1-12-5-6-14(9-13(12)2)19(23)22-17-11-20(3,4)24-18-8-7-15(21)10-16(17)18;/h5-10,17H,11,21H2,1-4H3,(H,22,23);1H. The van der Waals surface area contributed by atoms with Crippen molar-refractivity contribution in [1.29, 1.82) is 0 Å². The molecule has 0 radical (unpaired) electrons. The van der Waals surface area contributed by atoms with Gasteiger partial charge in [-0.3, -0.25) is 4.79 Å². The van der Waals surface area contributed by atoms with Crippen LogP contribution in [0.3, 0.4) is 0 Å². The number of nitrogen functional groups attached to an aromatic ring is 1. The molecule has 2 aromatic carbocycles. The lowest BCUT2D eigenvalue weighted by atomic mass is 9.89. The highest BCUT2D eigenvalue weighted by atomic mass is 35.5. The van der Waals surface area contributed by atoms with Crippen molar-refractivity contribution in [3.63, 3.8) is 0 Å². The van der Waals surface area contributed by atoms with Crippen molar-refractivity contribution in [2.45, 2.75) is 45.8 Å². The highest BCUT2D eigenvalue weighted by Gasteiger charge is 2.34. The van der Waals surface area contributed by atoms with Crippen molar-refractivity contribution in [2.75, 3.05) is 5.73 Å². The molecule has 1 aliphatic rings. The molecule has 0 spiro atoms. The van der Waals surface area contributed by atoms with E-state index in [9.17, 15) is 4.79 Å². The maximum absolute atomic E-state index is 12.7. The molecule has 0 fully saturated rings. The van der Waals surface area contributed by atoms with Crippen LogP contribution in [-0.2, 0) is 0 Å². The predicted molar refractivity (Wildman–Crippen MR) is 104 cm³/mol. The highest BCUT2D eigenvalue weighted by Crippen LogP contribution is 2.40. The third kappa shape index (κ3) is 4.07. The highest BCUT2D eigenvalue weighted by molar-refractivity contribution is 5.94. The molecule has 3 N–H and O–H groups in total. The number of carbonyl (C=O) groups excluding carboxylic acids is 1. The SMILES string of the molecule is Cc1ccc(C(=O)NC2CC(C)(C)Oc3ccc(N)cc32)cc1C.Cl. The third-order valence-corrected chi connectivity index (χ3v) is 4.57. The summed E-state index contributed by atoms with van der Waals surface area (Å²) in [7, 11) is 0. The second kappa shape index (κ2) is 6.96. The van der Waals surface area contributed by atoms with E-state index in [0.29, 0.717) is 17.7 Å². The van der Waals surface area contributed by atoms with Gasteiger partial charge >= 0.3 is 0 Å². The summed E-state index contributed by atoms with van der Waals surface area (Å²) in [6.07, 6.45) is 0.694. The van der Waals surface area contributed by atoms with E-state index in [0.717, 1.165) is 16.9 Å². The number of ether oxygens (including phenoxy) is 1. The summed E-state index contributed by atoms with van der Waals surface area (Å²) in [6.45, 7) is 8.11. The van der Waals surface area contributed by atoms with Gasteiger partial charge in [-0.15, -0.1) is 12.4 Å². The summed E-state index contributed by atoms with van der Waals surface area (Å²) in [5.74, 6) is 0.708. The second-order valence-electron chi connectivity index (χ2n) is 7.19. The summed E-state index contributed by atoms with van der Waals surface area (Å²) >= 11 is 0. The Hall–Kier alpha value is -2.20. The average molecular weight is 361 g/mol. The zero-order chi connectivity index (χ0) is 17.5. The lowest BCUT2D eigenvalue weighted by Gasteiger charge is -2.38. The Morgan fingerprint density at radius 3 is 2.56 bits per heavy atom. The number of anilines is 1. The fourth-order valence-corrected chi connectivity index (χ4v) is 3.13. The molecule has 4 nitrogen and oxygen atoms in total. The summed E-state index contributed by atoms with van der Waals surface area (Å²) in [5, 5.41) is 3.15. The molecular formula is C20H25ClN2O2. The van der Waals surface area contributed by atoms with E-state index in [2.05, 4.69) is 5.32 Å².